The van der Waals surface area contributed by atoms with Crippen LogP contribution in [0.2, 0.25) is 0 Å². The zero-order valence-corrected chi connectivity index (χ0v) is 11.9. The van der Waals surface area contributed by atoms with E-state index in [9.17, 15) is 9.18 Å². The monoisotopic (exact) mass is 298 g/mol. The molecular formula is C17H15FN2O2. The average molecular weight is 298 g/mol. The number of aryl methyl sites for hydroxylation is 1. The van der Waals surface area contributed by atoms with Gasteiger partial charge in [-0.25, -0.2) is 14.2 Å². The van der Waals surface area contributed by atoms with Crippen molar-refractivity contribution < 1.29 is 13.9 Å². The first-order valence-electron chi connectivity index (χ1n) is 7.09. The van der Waals surface area contributed by atoms with Crippen molar-refractivity contribution in [3.05, 3.63) is 65.7 Å². The first kappa shape index (κ1) is 14.3. The highest BCUT2D eigenvalue weighted by molar-refractivity contribution is 5.89. The largest absolute Gasteiger partial charge is 0.462 e. The lowest BCUT2D eigenvalue weighted by atomic mass is 10.2. The molecule has 1 aromatic heterocycles. The van der Waals surface area contributed by atoms with Crippen molar-refractivity contribution in [2.24, 2.45) is 0 Å². The lowest BCUT2D eigenvalue weighted by molar-refractivity contribution is 0.0499. The van der Waals surface area contributed by atoms with E-state index in [0.29, 0.717) is 12.8 Å². The van der Waals surface area contributed by atoms with E-state index in [-0.39, 0.29) is 12.2 Å². The third-order valence-electron chi connectivity index (χ3n) is 3.29. The molecule has 1 N–H and O–H groups in total. The van der Waals surface area contributed by atoms with Crippen molar-refractivity contribution in [3.63, 3.8) is 0 Å². The number of esters is 1. The second-order valence-corrected chi connectivity index (χ2v) is 4.95. The van der Waals surface area contributed by atoms with Crippen LogP contribution >= 0.6 is 0 Å². The molecule has 0 amide bonds. The van der Waals surface area contributed by atoms with E-state index in [1.54, 1.807) is 0 Å². The van der Waals surface area contributed by atoms with Crippen molar-refractivity contribution in [2.75, 3.05) is 6.61 Å². The number of H-pyrrole nitrogens is 1. The molecule has 0 bridgehead atoms. The predicted molar refractivity (Wildman–Crippen MR) is 81.1 cm³/mol. The molecule has 3 rings (SSSR count). The average Bonchev–Trinajstić information content (AvgIpc) is 2.94. The van der Waals surface area contributed by atoms with Crippen LogP contribution in [0, 0.1) is 5.82 Å². The molecule has 0 saturated heterocycles. The maximum absolute atomic E-state index is 13.0. The Balaban J connectivity index is 1.50. The Labute approximate surface area is 126 Å². The summed E-state index contributed by atoms with van der Waals surface area (Å²) in [6.07, 6.45) is 1.34. The number of nitrogens with zero attached hydrogens (tertiary/aromatic N) is 1. The molecule has 0 aliphatic heterocycles. The van der Waals surface area contributed by atoms with Crippen molar-refractivity contribution in [1.29, 1.82) is 0 Å². The number of benzene rings is 2. The molecule has 0 aliphatic rings. The number of fused-ring (bicyclic) bond motifs is 1. The maximum atomic E-state index is 13.0. The van der Waals surface area contributed by atoms with Crippen molar-refractivity contribution in [1.82, 2.24) is 9.97 Å². The van der Waals surface area contributed by atoms with Gasteiger partial charge in [0.15, 0.2) is 0 Å². The van der Waals surface area contributed by atoms with Crippen LogP contribution in [0.3, 0.4) is 0 Å². The van der Waals surface area contributed by atoms with E-state index in [4.69, 9.17) is 4.74 Å². The van der Waals surface area contributed by atoms with Crippen LogP contribution < -0.4 is 0 Å². The number of hydrogen-bond acceptors (Lipinski definition) is 3. The number of imidazole rings is 1. The molecule has 0 spiro atoms. The third kappa shape index (κ3) is 3.31. The van der Waals surface area contributed by atoms with Crippen LogP contribution in [-0.2, 0) is 11.2 Å². The second-order valence-electron chi connectivity index (χ2n) is 4.95. The highest BCUT2D eigenvalue weighted by Gasteiger charge is 2.08. The van der Waals surface area contributed by atoms with Crippen molar-refractivity contribution >= 4 is 17.0 Å². The summed E-state index contributed by atoms with van der Waals surface area (Å²) < 4.78 is 18.1. The van der Waals surface area contributed by atoms with Gasteiger partial charge in [-0.15, -0.1) is 0 Å². The summed E-state index contributed by atoms with van der Waals surface area (Å²) in [4.78, 5) is 19.4. The van der Waals surface area contributed by atoms with E-state index in [0.717, 1.165) is 16.9 Å². The van der Waals surface area contributed by atoms with Crippen LogP contribution in [0.25, 0.3) is 11.0 Å². The summed E-state index contributed by atoms with van der Waals surface area (Å²) >= 11 is 0. The molecule has 0 atom stereocenters. The van der Waals surface area contributed by atoms with E-state index < -0.39 is 11.8 Å². The lowest BCUT2D eigenvalue weighted by Gasteiger charge is -2.04. The summed E-state index contributed by atoms with van der Waals surface area (Å²) in [6, 6.07) is 13.3. The summed E-state index contributed by atoms with van der Waals surface area (Å²) in [5.74, 6) is -0.0937. The molecule has 0 fully saturated rings. The predicted octanol–water partition coefficient (Wildman–Crippen LogP) is 3.49. The number of aromatic nitrogens is 2. The minimum Gasteiger partial charge on any atom is -0.462 e. The fraction of sp³-hybridized carbons (Fsp3) is 0.176. The van der Waals surface area contributed by atoms with E-state index in [1.165, 1.54) is 24.3 Å². The number of carbonyl (C=O) groups is 1. The highest BCUT2D eigenvalue weighted by atomic mass is 19.1. The fourth-order valence-electron chi connectivity index (χ4n) is 2.23. The molecule has 3 aromatic rings. The first-order chi connectivity index (χ1) is 10.7. The Bertz CT molecular complexity index is 765. The van der Waals surface area contributed by atoms with Gasteiger partial charge in [-0.3, -0.25) is 0 Å². The standard InChI is InChI=1S/C17H15FN2O2/c18-13-6-3-5-12(11-13)17(21)22-10-4-9-16-19-14-7-1-2-8-15(14)20-16/h1-3,5-8,11H,4,9-10H2,(H,19,20). The smallest absolute Gasteiger partial charge is 0.338 e. The van der Waals surface area contributed by atoms with Crippen LogP contribution in [0.5, 0.6) is 0 Å². The Kier molecular flexibility index (Phi) is 4.14. The van der Waals surface area contributed by atoms with E-state index in [2.05, 4.69) is 9.97 Å². The normalized spacial score (nSPS) is 10.8. The van der Waals surface area contributed by atoms with Gasteiger partial charge in [-0.05, 0) is 36.8 Å². The van der Waals surface area contributed by atoms with Crippen molar-refractivity contribution in [2.45, 2.75) is 12.8 Å². The minimum atomic E-state index is -0.510. The van der Waals surface area contributed by atoms with Crippen LogP contribution in [-0.4, -0.2) is 22.5 Å². The Hall–Kier alpha value is -2.69. The van der Waals surface area contributed by atoms with Gasteiger partial charge in [-0.1, -0.05) is 18.2 Å². The quantitative estimate of drug-likeness (QED) is 0.579. The number of rotatable bonds is 5. The molecular weight excluding hydrogens is 283 g/mol. The maximum Gasteiger partial charge on any atom is 0.338 e. The van der Waals surface area contributed by atoms with Gasteiger partial charge in [0, 0.05) is 6.42 Å². The van der Waals surface area contributed by atoms with Gasteiger partial charge in [0.2, 0.25) is 0 Å². The number of nitrogens with one attached hydrogen (secondary N) is 1. The third-order valence-corrected chi connectivity index (χ3v) is 3.29. The summed E-state index contributed by atoms with van der Waals surface area (Å²) in [6.45, 7) is 0.270. The number of ether oxygens (including phenoxy) is 1. The number of aromatic amines is 1. The molecule has 22 heavy (non-hydrogen) atoms. The van der Waals surface area contributed by atoms with Gasteiger partial charge in [-0.2, -0.15) is 0 Å². The molecule has 0 saturated carbocycles. The molecule has 1 heterocycles. The van der Waals surface area contributed by atoms with Crippen LogP contribution in [0.1, 0.15) is 22.6 Å². The topological polar surface area (TPSA) is 55.0 Å². The molecule has 0 unspecified atom stereocenters. The lowest BCUT2D eigenvalue weighted by Crippen LogP contribution is -2.07. The number of carbonyl (C=O) groups excluding carboxylic acids is 1. The molecule has 112 valence electrons. The van der Waals surface area contributed by atoms with Gasteiger partial charge in [0.1, 0.15) is 11.6 Å². The summed E-state index contributed by atoms with van der Waals surface area (Å²) in [5, 5.41) is 0. The van der Waals surface area contributed by atoms with Gasteiger partial charge in [0.05, 0.1) is 23.2 Å². The zero-order valence-electron chi connectivity index (χ0n) is 11.9. The number of hydrogen-bond donors (Lipinski definition) is 1. The van der Waals surface area contributed by atoms with E-state index in [1.807, 2.05) is 24.3 Å². The van der Waals surface area contributed by atoms with E-state index >= 15 is 0 Å². The van der Waals surface area contributed by atoms with Crippen molar-refractivity contribution in [3.8, 4) is 0 Å². The van der Waals surface area contributed by atoms with Crippen LogP contribution in [0.15, 0.2) is 48.5 Å². The molecule has 0 radical (unpaired) electrons. The first-order valence-corrected chi connectivity index (χ1v) is 7.09. The minimum absolute atomic E-state index is 0.226. The Morgan fingerprint density at radius 3 is 2.86 bits per heavy atom. The van der Waals surface area contributed by atoms with Gasteiger partial charge >= 0.3 is 5.97 Å². The Morgan fingerprint density at radius 1 is 1.18 bits per heavy atom. The SMILES string of the molecule is O=C(OCCCc1nc2ccccc2[nH]1)c1cccc(F)c1. The zero-order chi connectivity index (χ0) is 15.4. The summed E-state index contributed by atoms with van der Waals surface area (Å²) in [7, 11) is 0. The fourth-order valence-corrected chi connectivity index (χ4v) is 2.23. The molecule has 5 heteroatoms. The molecule has 4 nitrogen and oxygen atoms in total. The molecule has 0 aliphatic carbocycles. The second kappa shape index (κ2) is 6.39. The van der Waals surface area contributed by atoms with Gasteiger partial charge in [0.25, 0.3) is 0 Å². The number of para-hydroxylation sites is 2. The Morgan fingerprint density at radius 2 is 2.05 bits per heavy atom. The molecule has 2 aromatic carbocycles. The number of halogens is 1. The summed E-state index contributed by atoms with van der Waals surface area (Å²) in [5.41, 5.74) is 2.15. The van der Waals surface area contributed by atoms with Crippen LogP contribution in [0.4, 0.5) is 4.39 Å². The van der Waals surface area contributed by atoms with Gasteiger partial charge < -0.3 is 9.72 Å². The highest BCUT2D eigenvalue weighted by Crippen LogP contribution is 2.11.